The summed E-state index contributed by atoms with van der Waals surface area (Å²) in [6, 6.07) is 0. The zero-order valence-corrected chi connectivity index (χ0v) is 6.53. The number of ether oxygens (including phenoxy) is 1. The maximum Gasteiger partial charge on any atom is 0.293 e. The van der Waals surface area contributed by atoms with Crippen molar-refractivity contribution in [2.45, 2.75) is 25.4 Å². The van der Waals surface area contributed by atoms with Crippen LogP contribution in [-0.4, -0.2) is 12.6 Å². The van der Waals surface area contributed by atoms with Gasteiger partial charge in [-0.05, 0) is 43.9 Å². The number of rotatable bonds is 2. The lowest BCUT2D eigenvalue weighted by Crippen LogP contribution is -2.23. The fraction of sp³-hybridized carbons (Fsp3) is 0.778. The molecular weight excluding hydrogens is 140 g/mol. The molecule has 2 nitrogen and oxygen atoms in total. The van der Waals surface area contributed by atoms with Crippen molar-refractivity contribution in [3.05, 3.63) is 6.92 Å². The third-order valence-corrected chi connectivity index (χ3v) is 3.17. The average Bonchev–Trinajstić information content (AvgIpc) is 2.47. The molecule has 2 aliphatic rings. The normalized spacial score (nSPS) is 47.7. The Morgan fingerprint density at radius 2 is 2.09 bits per heavy atom. The molecule has 0 saturated heterocycles. The zero-order valence-electron chi connectivity index (χ0n) is 6.53. The molecule has 0 N–H and O–H groups in total. The number of fused-ring (bicyclic) bond motifs is 2. The maximum absolute atomic E-state index is 10.1. The SMILES string of the molecule is [CH2]C1CC2CC1CC2OC=O. The maximum atomic E-state index is 10.1. The van der Waals surface area contributed by atoms with Gasteiger partial charge in [0.1, 0.15) is 6.10 Å². The molecule has 0 spiro atoms. The molecule has 1 radical (unpaired) electrons. The first-order chi connectivity index (χ1) is 5.31. The Bertz CT molecular complexity index is 165. The molecule has 0 aromatic heterocycles. The van der Waals surface area contributed by atoms with Crippen LogP contribution in [0.3, 0.4) is 0 Å². The lowest BCUT2D eigenvalue weighted by atomic mass is 9.89. The number of hydrogen-bond acceptors (Lipinski definition) is 2. The molecule has 2 bridgehead atoms. The Kier molecular flexibility index (Phi) is 1.63. The van der Waals surface area contributed by atoms with Gasteiger partial charge in [-0.2, -0.15) is 0 Å². The first-order valence-electron chi connectivity index (χ1n) is 4.23. The lowest BCUT2D eigenvalue weighted by molar-refractivity contribution is -0.136. The van der Waals surface area contributed by atoms with Crippen molar-refractivity contribution in [1.82, 2.24) is 0 Å². The third kappa shape index (κ3) is 1.05. The monoisotopic (exact) mass is 153 g/mol. The summed E-state index contributed by atoms with van der Waals surface area (Å²) in [4.78, 5) is 10.1. The van der Waals surface area contributed by atoms with E-state index in [-0.39, 0.29) is 6.10 Å². The molecule has 4 atom stereocenters. The Morgan fingerprint density at radius 1 is 1.27 bits per heavy atom. The van der Waals surface area contributed by atoms with Crippen molar-refractivity contribution in [2.75, 3.05) is 0 Å². The summed E-state index contributed by atoms with van der Waals surface area (Å²) >= 11 is 0. The van der Waals surface area contributed by atoms with E-state index in [1.807, 2.05) is 0 Å². The van der Waals surface area contributed by atoms with Crippen molar-refractivity contribution < 1.29 is 9.53 Å². The van der Waals surface area contributed by atoms with Crippen LogP contribution in [0.2, 0.25) is 0 Å². The molecule has 2 aliphatic carbocycles. The Labute approximate surface area is 66.9 Å². The van der Waals surface area contributed by atoms with E-state index < -0.39 is 0 Å². The molecule has 2 fully saturated rings. The van der Waals surface area contributed by atoms with Crippen LogP contribution in [0.15, 0.2) is 0 Å². The number of carbonyl (C=O) groups excluding carboxylic acids is 1. The Hall–Kier alpha value is -0.530. The summed E-state index contributed by atoms with van der Waals surface area (Å²) < 4.78 is 4.98. The summed E-state index contributed by atoms with van der Waals surface area (Å²) in [5, 5.41) is 0. The molecule has 61 valence electrons. The highest BCUT2D eigenvalue weighted by molar-refractivity contribution is 5.37. The van der Waals surface area contributed by atoms with Gasteiger partial charge < -0.3 is 4.74 Å². The highest BCUT2D eigenvalue weighted by Crippen LogP contribution is 2.48. The first-order valence-corrected chi connectivity index (χ1v) is 4.23. The molecule has 0 amide bonds. The van der Waals surface area contributed by atoms with Crippen LogP contribution in [0.4, 0.5) is 0 Å². The van der Waals surface area contributed by atoms with Crippen LogP contribution in [0.5, 0.6) is 0 Å². The van der Waals surface area contributed by atoms with Gasteiger partial charge in [-0.15, -0.1) is 0 Å². The first kappa shape index (κ1) is 7.14. The largest absolute Gasteiger partial charge is 0.464 e. The highest BCUT2D eigenvalue weighted by Gasteiger charge is 2.44. The summed E-state index contributed by atoms with van der Waals surface area (Å²) in [7, 11) is 0. The van der Waals surface area contributed by atoms with Crippen LogP contribution >= 0.6 is 0 Å². The average molecular weight is 153 g/mol. The second kappa shape index (κ2) is 2.50. The lowest BCUT2D eigenvalue weighted by Gasteiger charge is -2.23. The van der Waals surface area contributed by atoms with Crippen molar-refractivity contribution in [3.63, 3.8) is 0 Å². The Morgan fingerprint density at radius 3 is 2.55 bits per heavy atom. The van der Waals surface area contributed by atoms with E-state index in [1.54, 1.807) is 0 Å². The van der Waals surface area contributed by atoms with Crippen molar-refractivity contribution >= 4 is 6.47 Å². The molecule has 0 aliphatic heterocycles. The predicted octanol–water partition coefficient (Wildman–Crippen LogP) is 1.41. The van der Waals surface area contributed by atoms with Crippen LogP contribution in [0.25, 0.3) is 0 Å². The molecule has 0 heterocycles. The standard InChI is InChI=1S/C9H13O2/c1-6-2-8-3-7(6)4-9(8)11-5-10/h5-9H,1-4H2. The van der Waals surface area contributed by atoms with Crippen LogP contribution in [0, 0.1) is 24.7 Å². The summed E-state index contributed by atoms with van der Waals surface area (Å²) in [6.45, 7) is 4.66. The molecule has 4 unspecified atom stereocenters. The summed E-state index contributed by atoms with van der Waals surface area (Å²) in [6.07, 6.45) is 3.66. The minimum atomic E-state index is 0.218. The third-order valence-electron chi connectivity index (χ3n) is 3.17. The molecule has 2 saturated carbocycles. The van der Waals surface area contributed by atoms with Crippen molar-refractivity contribution in [2.24, 2.45) is 17.8 Å². The van der Waals surface area contributed by atoms with Crippen LogP contribution in [0.1, 0.15) is 19.3 Å². The second-order valence-corrected chi connectivity index (χ2v) is 3.76. The van der Waals surface area contributed by atoms with Gasteiger partial charge in [0.25, 0.3) is 6.47 Å². The topological polar surface area (TPSA) is 26.3 Å². The van der Waals surface area contributed by atoms with Crippen molar-refractivity contribution in [3.8, 4) is 0 Å². The Balaban J connectivity index is 1.97. The fourth-order valence-corrected chi connectivity index (χ4v) is 2.58. The van der Waals surface area contributed by atoms with E-state index in [0.717, 1.165) is 18.8 Å². The van der Waals surface area contributed by atoms with Gasteiger partial charge in [0, 0.05) is 0 Å². The highest BCUT2D eigenvalue weighted by atomic mass is 16.5. The van der Waals surface area contributed by atoms with E-state index in [0.29, 0.717) is 18.3 Å². The van der Waals surface area contributed by atoms with E-state index in [1.165, 1.54) is 6.42 Å². The second-order valence-electron chi connectivity index (χ2n) is 3.76. The van der Waals surface area contributed by atoms with Gasteiger partial charge in [0.05, 0.1) is 0 Å². The number of hydrogen-bond donors (Lipinski definition) is 0. The van der Waals surface area contributed by atoms with E-state index in [4.69, 9.17) is 4.74 Å². The quantitative estimate of drug-likeness (QED) is 0.561. The predicted molar refractivity (Wildman–Crippen MR) is 40.6 cm³/mol. The zero-order chi connectivity index (χ0) is 7.84. The van der Waals surface area contributed by atoms with Gasteiger partial charge >= 0.3 is 0 Å². The van der Waals surface area contributed by atoms with Gasteiger partial charge in [0.15, 0.2) is 0 Å². The molecule has 2 rings (SSSR count). The smallest absolute Gasteiger partial charge is 0.293 e. The van der Waals surface area contributed by atoms with Gasteiger partial charge in [-0.25, -0.2) is 0 Å². The van der Waals surface area contributed by atoms with E-state index in [9.17, 15) is 4.79 Å². The van der Waals surface area contributed by atoms with Gasteiger partial charge in [-0.1, -0.05) is 0 Å². The molecule has 0 aromatic rings. The number of carbonyl (C=O) groups is 1. The molecule has 11 heavy (non-hydrogen) atoms. The van der Waals surface area contributed by atoms with Gasteiger partial charge in [-0.3, -0.25) is 4.79 Å². The molecule has 0 aromatic carbocycles. The van der Waals surface area contributed by atoms with E-state index >= 15 is 0 Å². The van der Waals surface area contributed by atoms with Crippen molar-refractivity contribution in [1.29, 1.82) is 0 Å². The fourth-order valence-electron chi connectivity index (χ4n) is 2.58. The molecular formula is C9H13O2. The van der Waals surface area contributed by atoms with Gasteiger partial charge in [0.2, 0.25) is 0 Å². The summed E-state index contributed by atoms with van der Waals surface area (Å²) in [5.41, 5.74) is 0. The molecule has 2 heteroatoms. The van der Waals surface area contributed by atoms with Crippen LogP contribution < -0.4 is 0 Å². The summed E-state index contributed by atoms with van der Waals surface area (Å²) in [5.74, 6) is 1.96. The minimum Gasteiger partial charge on any atom is -0.464 e. The van der Waals surface area contributed by atoms with Crippen LogP contribution in [-0.2, 0) is 9.53 Å². The van der Waals surface area contributed by atoms with E-state index in [2.05, 4.69) is 6.92 Å². The minimum absolute atomic E-state index is 0.218.